The van der Waals surface area contributed by atoms with Gasteiger partial charge in [0.05, 0.1) is 0 Å². The molecule has 0 atom stereocenters. The quantitative estimate of drug-likeness (QED) is 0.0950. The Morgan fingerprint density at radius 1 is 0.279 bits per heavy atom. The topological polar surface area (TPSA) is 0 Å². The van der Waals surface area contributed by atoms with Crippen LogP contribution in [0.1, 0.15) is 76.3 Å². The van der Waals surface area contributed by atoms with Crippen molar-refractivity contribution < 1.29 is 0 Å². The fourth-order valence-electron chi connectivity index (χ4n) is 9.63. The van der Waals surface area contributed by atoms with Crippen molar-refractivity contribution in [3.63, 3.8) is 0 Å². The molecule has 3 aromatic heterocycles. The first-order valence-electron chi connectivity index (χ1n) is 22.5. The highest BCUT2D eigenvalue weighted by Crippen LogP contribution is 2.42. The van der Waals surface area contributed by atoms with Crippen molar-refractivity contribution in [3.8, 4) is 0 Å². The summed E-state index contributed by atoms with van der Waals surface area (Å²) >= 11 is 5.76. The molecular weight excluding hydrogens is 793 g/mol. The number of hydrogen-bond acceptors (Lipinski definition) is 3. The molecule has 0 amide bonds. The molecular formula is C58H50S3. The third-order valence-electron chi connectivity index (χ3n) is 12.9. The van der Waals surface area contributed by atoms with E-state index >= 15 is 0 Å². The van der Waals surface area contributed by atoms with Gasteiger partial charge in [0.1, 0.15) is 0 Å². The summed E-state index contributed by atoms with van der Waals surface area (Å²) in [5.41, 5.74) is 2.96. The predicted octanol–water partition coefficient (Wildman–Crippen LogP) is 19.3. The molecule has 0 fully saturated rings. The summed E-state index contributed by atoms with van der Waals surface area (Å²) in [4.78, 5) is 0. The maximum absolute atomic E-state index is 2.45. The first-order valence-corrected chi connectivity index (χ1v) is 24.9. The molecule has 0 saturated heterocycles. The summed E-state index contributed by atoms with van der Waals surface area (Å²) in [6, 6.07) is 55.5. The fourth-order valence-corrected chi connectivity index (χ4v) is 13.0. The van der Waals surface area contributed by atoms with Gasteiger partial charge in [0.25, 0.3) is 0 Å². The van der Waals surface area contributed by atoms with Gasteiger partial charge in [-0.2, -0.15) is 0 Å². The minimum Gasteiger partial charge on any atom is -0.135 e. The Balaban J connectivity index is 0.000000138. The van der Waals surface area contributed by atoms with Crippen molar-refractivity contribution in [3.05, 3.63) is 157 Å². The molecule has 61 heavy (non-hydrogen) atoms. The van der Waals surface area contributed by atoms with Gasteiger partial charge in [-0.1, -0.05) is 107 Å². The third-order valence-corrected chi connectivity index (χ3v) is 16.3. The molecule has 0 radical (unpaired) electrons. The van der Waals surface area contributed by atoms with Crippen LogP contribution in [-0.2, 0) is 12.8 Å². The maximum Gasteiger partial charge on any atom is 0.0361 e. The number of hydrogen-bond donors (Lipinski definition) is 0. The molecule has 0 aliphatic carbocycles. The highest BCUT2D eigenvalue weighted by atomic mass is 32.1. The second-order valence-electron chi connectivity index (χ2n) is 17.2. The summed E-state index contributed by atoms with van der Waals surface area (Å²) < 4.78 is 8.37. The molecule has 0 aliphatic rings. The Hall–Kier alpha value is -5.32. The highest BCUT2D eigenvalue weighted by molar-refractivity contribution is 7.26. The Labute approximate surface area is 370 Å². The van der Waals surface area contributed by atoms with Crippen LogP contribution in [0.15, 0.2) is 146 Å². The number of fused-ring (bicyclic) bond motifs is 13. The lowest BCUT2D eigenvalue weighted by Crippen LogP contribution is -1.85. The molecule has 0 unspecified atom stereocenters. The third kappa shape index (κ3) is 7.45. The molecule has 0 spiro atoms. The van der Waals surface area contributed by atoms with Crippen molar-refractivity contribution in [2.75, 3.05) is 0 Å². The molecule has 3 heteroatoms. The molecule has 0 bridgehead atoms. The molecule has 12 rings (SSSR count). The standard InChI is InChI=1S/C30H26S.C28H24S2/c1-2-3-4-5-8-20-11-12-29-27(13-20)28-18-25-16-23-14-21-9-6-7-10-22(21)15-24(23)17-26(25)19-30(28)31-29;1-2-3-4-5-8-18-11-12-26-22(13-18)24-15-19-14-23-21-9-6-7-10-25(21)29-27(23)16-20(19)17-28(24)30-26/h6-7,9-19H,2-5,8H2,1H3;6-7,9-17H,2-5,8H2,1H3. The summed E-state index contributed by atoms with van der Waals surface area (Å²) in [7, 11) is 0. The summed E-state index contributed by atoms with van der Waals surface area (Å²) in [5.74, 6) is 0. The fraction of sp³-hybridized carbons (Fsp3) is 0.207. The number of unbranched alkanes of at least 4 members (excludes halogenated alkanes) is 6. The van der Waals surface area contributed by atoms with Gasteiger partial charge in [0.15, 0.2) is 0 Å². The second kappa shape index (κ2) is 16.5. The number of benzene rings is 9. The Morgan fingerprint density at radius 3 is 1.18 bits per heavy atom. The Kier molecular flexibility index (Phi) is 10.4. The minimum absolute atomic E-state index is 1.19. The largest absolute Gasteiger partial charge is 0.135 e. The summed E-state index contributed by atoms with van der Waals surface area (Å²) in [6.07, 6.45) is 13.0. The first kappa shape index (κ1) is 38.6. The number of rotatable bonds is 10. The van der Waals surface area contributed by atoms with Gasteiger partial charge in [-0.15, -0.1) is 34.0 Å². The van der Waals surface area contributed by atoms with Crippen molar-refractivity contribution in [1.29, 1.82) is 0 Å². The molecule has 300 valence electrons. The average molecular weight is 843 g/mol. The van der Waals surface area contributed by atoms with Crippen LogP contribution in [0.4, 0.5) is 0 Å². The van der Waals surface area contributed by atoms with E-state index in [-0.39, 0.29) is 0 Å². The average Bonchev–Trinajstić information content (AvgIpc) is 3.95. The van der Waals surface area contributed by atoms with Gasteiger partial charge < -0.3 is 0 Å². The van der Waals surface area contributed by atoms with Gasteiger partial charge in [-0.25, -0.2) is 0 Å². The molecule has 0 nitrogen and oxygen atoms in total. The van der Waals surface area contributed by atoms with Crippen molar-refractivity contribution in [2.24, 2.45) is 0 Å². The van der Waals surface area contributed by atoms with Crippen LogP contribution < -0.4 is 0 Å². The minimum atomic E-state index is 1.19. The van der Waals surface area contributed by atoms with E-state index in [4.69, 9.17) is 0 Å². The molecule has 0 N–H and O–H groups in total. The number of thiophene rings is 3. The molecule has 0 saturated carbocycles. The number of aryl methyl sites for hydroxylation is 2. The van der Waals surface area contributed by atoms with Gasteiger partial charge in [0.2, 0.25) is 0 Å². The van der Waals surface area contributed by atoms with E-state index in [2.05, 4.69) is 159 Å². The van der Waals surface area contributed by atoms with Gasteiger partial charge >= 0.3 is 0 Å². The van der Waals surface area contributed by atoms with E-state index in [1.165, 1.54) is 179 Å². The lowest BCUT2D eigenvalue weighted by atomic mass is 9.98. The van der Waals surface area contributed by atoms with Crippen molar-refractivity contribution in [1.82, 2.24) is 0 Å². The van der Waals surface area contributed by atoms with E-state index in [1.54, 1.807) is 0 Å². The Bertz CT molecular complexity index is 3580. The molecule has 12 aromatic rings. The van der Waals surface area contributed by atoms with Gasteiger partial charge in [-0.05, 0) is 171 Å². The van der Waals surface area contributed by atoms with Crippen LogP contribution in [0.2, 0.25) is 0 Å². The normalized spacial score (nSPS) is 12.1. The van der Waals surface area contributed by atoms with E-state index in [9.17, 15) is 0 Å². The zero-order valence-corrected chi connectivity index (χ0v) is 37.6. The van der Waals surface area contributed by atoms with Gasteiger partial charge in [-0.3, -0.25) is 0 Å². The molecule has 9 aromatic carbocycles. The van der Waals surface area contributed by atoms with Crippen molar-refractivity contribution in [2.45, 2.75) is 78.1 Å². The van der Waals surface area contributed by atoms with E-state index in [0.29, 0.717) is 0 Å². The zero-order chi connectivity index (χ0) is 40.9. The van der Waals surface area contributed by atoms with Crippen LogP contribution in [-0.4, -0.2) is 0 Å². The van der Waals surface area contributed by atoms with E-state index in [0.717, 1.165) is 0 Å². The second-order valence-corrected chi connectivity index (χ2v) is 20.5. The Morgan fingerprint density at radius 2 is 0.656 bits per heavy atom. The lowest BCUT2D eigenvalue weighted by Gasteiger charge is -2.06. The van der Waals surface area contributed by atoms with Gasteiger partial charge in [0, 0.05) is 60.5 Å². The summed E-state index contributed by atoms with van der Waals surface area (Å²) in [5, 5.41) is 19.1. The van der Waals surface area contributed by atoms with E-state index in [1.807, 2.05) is 34.0 Å². The van der Waals surface area contributed by atoms with Crippen molar-refractivity contribution >= 4 is 138 Å². The van der Waals surface area contributed by atoms with Crippen LogP contribution in [0, 0.1) is 0 Å². The highest BCUT2D eigenvalue weighted by Gasteiger charge is 2.12. The van der Waals surface area contributed by atoms with E-state index < -0.39 is 0 Å². The zero-order valence-electron chi connectivity index (χ0n) is 35.2. The molecule has 0 aliphatic heterocycles. The van der Waals surface area contributed by atoms with Crippen LogP contribution in [0.5, 0.6) is 0 Å². The van der Waals surface area contributed by atoms with Crippen LogP contribution in [0.25, 0.3) is 104 Å². The van der Waals surface area contributed by atoms with Crippen LogP contribution >= 0.6 is 34.0 Å². The summed E-state index contributed by atoms with van der Waals surface area (Å²) in [6.45, 7) is 4.56. The molecule has 3 heterocycles. The smallest absolute Gasteiger partial charge is 0.0361 e. The predicted molar refractivity (Wildman–Crippen MR) is 277 cm³/mol. The first-order chi connectivity index (χ1) is 30.1. The lowest BCUT2D eigenvalue weighted by molar-refractivity contribution is 0.667. The van der Waals surface area contributed by atoms with Crippen LogP contribution in [0.3, 0.4) is 0 Å². The SMILES string of the molecule is CCCCCCc1ccc2sc3cc4cc5cc6ccccc6cc5cc4cc3c2c1.CCCCCCc1ccc2sc3cc4cc5sc6ccccc6c5cc4cc3c2c1. The monoisotopic (exact) mass is 842 g/mol. The maximum atomic E-state index is 2.45.